The molecule has 0 amide bonds. The molecule has 2 rings (SSSR count). The molecular formula is C13H22N2O2. The molecule has 0 spiro atoms. The van der Waals surface area contributed by atoms with Crippen molar-refractivity contribution in [2.24, 2.45) is 0 Å². The zero-order valence-corrected chi connectivity index (χ0v) is 10.8. The molecule has 17 heavy (non-hydrogen) atoms. The highest BCUT2D eigenvalue weighted by Gasteiger charge is 2.22. The second kappa shape index (κ2) is 6.15. The molecule has 96 valence electrons. The lowest BCUT2D eigenvalue weighted by Gasteiger charge is -2.08. The maximum atomic E-state index is 5.47. The molecule has 1 aliphatic carbocycles. The van der Waals surface area contributed by atoms with E-state index in [1.54, 1.807) is 0 Å². The molecule has 0 bridgehead atoms. The van der Waals surface area contributed by atoms with E-state index in [9.17, 15) is 0 Å². The number of hydrogen-bond acceptors (Lipinski definition) is 4. The third-order valence-electron chi connectivity index (χ3n) is 3.44. The maximum Gasteiger partial charge on any atom is 0.229 e. The van der Waals surface area contributed by atoms with Gasteiger partial charge in [-0.1, -0.05) is 30.8 Å². The summed E-state index contributed by atoms with van der Waals surface area (Å²) in [5.41, 5.74) is 0. The first-order valence-electron chi connectivity index (χ1n) is 6.76. The second-order valence-corrected chi connectivity index (χ2v) is 4.78. The minimum absolute atomic E-state index is 0.0664. The first kappa shape index (κ1) is 12.6. The fourth-order valence-corrected chi connectivity index (χ4v) is 2.43. The average Bonchev–Trinajstić information content (AvgIpc) is 2.66. The van der Waals surface area contributed by atoms with E-state index in [1.807, 2.05) is 13.8 Å². The van der Waals surface area contributed by atoms with Crippen LogP contribution in [0.5, 0.6) is 0 Å². The summed E-state index contributed by atoms with van der Waals surface area (Å²) in [6.45, 7) is 4.61. The SMILES string of the molecule is CCO[C@@H](C)c1noc(C2CCCCCC2)n1. The normalized spacial score (nSPS) is 20.1. The number of rotatable bonds is 4. The highest BCUT2D eigenvalue weighted by Crippen LogP contribution is 2.31. The predicted octanol–water partition coefficient (Wildman–Crippen LogP) is 3.60. The lowest BCUT2D eigenvalue weighted by Crippen LogP contribution is -2.03. The molecule has 1 heterocycles. The highest BCUT2D eigenvalue weighted by atomic mass is 16.5. The monoisotopic (exact) mass is 238 g/mol. The molecule has 0 N–H and O–H groups in total. The van der Waals surface area contributed by atoms with Crippen molar-refractivity contribution in [3.63, 3.8) is 0 Å². The lowest BCUT2D eigenvalue weighted by atomic mass is 10.0. The second-order valence-electron chi connectivity index (χ2n) is 4.78. The Labute approximate surface area is 103 Å². The fourth-order valence-electron chi connectivity index (χ4n) is 2.43. The first-order chi connectivity index (χ1) is 8.31. The van der Waals surface area contributed by atoms with Crippen LogP contribution in [-0.2, 0) is 4.74 Å². The van der Waals surface area contributed by atoms with Crippen LogP contribution in [0.2, 0.25) is 0 Å². The molecule has 1 aromatic rings. The molecule has 1 atom stereocenters. The Balaban J connectivity index is 2.01. The number of nitrogens with zero attached hydrogens (tertiary/aromatic N) is 2. The molecule has 1 aliphatic rings. The van der Waals surface area contributed by atoms with Crippen LogP contribution in [0.1, 0.15) is 76.1 Å². The summed E-state index contributed by atoms with van der Waals surface area (Å²) >= 11 is 0. The van der Waals surface area contributed by atoms with Crippen LogP contribution in [0.15, 0.2) is 4.52 Å². The van der Waals surface area contributed by atoms with E-state index in [1.165, 1.54) is 38.5 Å². The van der Waals surface area contributed by atoms with Crippen molar-refractivity contribution >= 4 is 0 Å². The molecule has 0 unspecified atom stereocenters. The van der Waals surface area contributed by atoms with Gasteiger partial charge in [-0.15, -0.1) is 0 Å². The van der Waals surface area contributed by atoms with Gasteiger partial charge in [0.15, 0.2) is 5.82 Å². The van der Waals surface area contributed by atoms with Gasteiger partial charge in [-0.3, -0.25) is 0 Å². The summed E-state index contributed by atoms with van der Waals surface area (Å²) < 4.78 is 10.9. The van der Waals surface area contributed by atoms with Crippen molar-refractivity contribution < 1.29 is 9.26 Å². The van der Waals surface area contributed by atoms with Crippen molar-refractivity contribution in [1.29, 1.82) is 0 Å². The van der Waals surface area contributed by atoms with Crippen molar-refractivity contribution in [3.8, 4) is 0 Å². The zero-order valence-electron chi connectivity index (χ0n) is 10.8. The van der Waals surface area contributed by atoms with Gasteiger partial charge in [0.05, 0.1) is 0 Å². The molecular weight excluding hydrogens is 216 g/mol. The van der Waals surface area contributed by atoms with E-state index in [4.69, 9.17) is 9.26 Å². The Morgan fingerprint density at radius 2 is 2.00 bits per heavy atom. The topological polar surface area (TPSA) is 48.2 Å². The summed E-state index contributed by atoms with van der Waals surface area (Å²) in [6.07, 6.45) is 7.55. The van der Waals surface area contributed by atoms with Gasteiger partial charge in [0.1, 0.15) is 6.10 Å². The number of ether oxygens (including phenoxy) is 1. The molecule has 0 aromatic carbocycles. The smallest absolute Gasteiger partial charge is 0.229 e. The van der Waals surface area contributed by atoms with Gasteiger partial charge in [-0.05, 0) is 26.7 Å². The van der Waals surface area contributed by atoms with Gasteiger partial charge in [0, 0.05) is 12.5 Å². The third-order valence-corrected chi connectivity index (χ3v) is 3.44. The van der Waals surface area contributed by atoms with Crippen LogP contribution in [0.25, 0.3) is 0 Å². The highest BCUT2D eigenvalue weighted by molar-refractivity contribution is 4.96. The van der Waals surface area contributed by atoms with Crippen LogP contribution in [0.3, 0.4) is 0 Å². The molecule has 1 fully saturated rings. The summed E-state index contributed by atoms with van der Waals surface area (Å²) in [7, 11) is 0. The standard InChI is InChI=1S/C13H22N2O2/c1-3-16-10(2)12-14-13(17-15-12)11-8-6-4-5-7-9-11/h10-11H,3-9H2,1-2H3/t10-/m0/s1. The largest absolute Gasteiger partial charge is 0.371 e. The van der Waals surface area contributed by atoms with Gasteiger partial charge in [0.2, 0.25) is 5.89 Å². The van der Waals surface area contributed by atoms with Crippen molar-refractivity contribution in [1.82, 2.24) is 10.1 Å². The molecule has 1 aromatic heterocycles. The van der Waals surface area contributed by atoms with Crippen LogP contribution in [-0.4, -0.2) is 16.7 Å². The van der Waals surface area contributed by atoms with E-state index in [2.05, 4.69) is 10.1 Å². The van der Waals surface area contributed by atoms with E-state index >= 15 is 0 Å². The molecule has 0 aliphatic heterocycles. The minimum atomic E-state index is -0.0664. The molecule has 1 saturated carbocycles. The Morgan fingerprint density at radius 1 is 1.29 bits per heavy atom. The van der Waals surface area contributed by atoms with E-state index in [-0.39, 0.29) is 6.10 Å². The Kier molecular flexibility index (Phi) is 4.54. The lowest BCUT2D eigenvalue weighted by molar-refractivity contribution is 0.0683. The fraction of sp³-hybridized carbons (Fsp3) is 0.846. The minimum Gasteiger partial charge on any atom is -0.371 e. The zero-order chi connectivity index (χ0) is 12.1. The Morgan fingerprint density at radius 3 is 2.65 bits per heavy atom. The summed E-state index contributed by atoms with van der Waals surface area (Å²) in [4.78, 5) is 4.49. The van der Waals surface area contributed by atoms with Crippen LogP contribution >= 0.6 is 0 Å². The quantitative estimate of drug-likeness (QED) is 0.752. The van der Waals surface area contributed by atoms with E-state index < -0.39 is 0 Å². The molecule has 4 heteroatoms. The number of aromatic nitrogens is 2. The van der Waals surface area contributed by atoms with Gasteiger partial charge < -0.3 is 9.26 Å². The maximum absolute atomic E-state index is 5.47. The molecule has 4 nitrogen and oxygen atoms in total. The van der Waals surface area contributed by atoms with Gasteiger partial charge >= 0.3 is 0 Å². The molecule has 0 saturated heterocycles. The van der Waals surface area contributed by atoms with Gasteiger partial charge in [-0.25, -0.2) is 0 Å². The average molecular weight is 238 g/mol. The summed E-state index contributed by atoms with van der Waals surface area (Å²) in [6, 6.07) is 0. The third kappa shape index (κ3) is 3.28. The van der Waals surface area contributed by atoms with E-state index in [0.717, 1.165) is 5.89 Å². The van der Waals surface area contributed by atoms with Crippen LogP contribution in [0.4, 0.5) is 0 Å². The number of hydrogen-bond donors (Lipinski definition) is 0. The molecule has 0 radical (unpaired) electrons. The summed E-state index contributed by atoms with van der Waals surface area (Å²) in [5.74, 6) is 1.96. The van der Waals surface area contributed by atoms with Crippen molar-refractivity contribution in [2.45, 2.75) is 64.4 Å². The first-order valence-corrected chi connectivity index (χ1v) is 6.76. The Bertz CT molecular complexity index is 330. The van der Waals surface area contributed by atoms with E-state index in [0.29, 0.717) is 18.3 Å². The van der Waals surface area contributed by atoms with Crippen LogP contribution < -0.4 is 0 Å². The van der Waals surface area contributed by atoms with Gasteiger partial charge in [-0.2, -0.15) is 4.98 Å². The van der Waals surface area contributed by atoms with Crippen molar-refractivity contribution in [3.05, 3.63) is 11.7 Å². The van der Waals surface area contributed by atoms with Crippen molar-refractivity contribution in [2.75, 3.05) is 6.61 Å². The van der Waals surface area contributed by atoms with Gasteiger partial charge in [0.25, 0.3) is 0 Å². The predicted molar refractivity (Wildman–Crippen MR) is 64.8 cm³/mol. The van der Waals surface area contributed by atoms with Crippen LogP contribution in [0, 0.1) is 0 Å². The summed E-state index contributed by atoms with van der Waals surface area (Å²) in [5, 5.41) is 4.03. The Hall–Kier alpha value is -0.900.